The van der Waals surface area contributed by atoms with E-state index >= 15 is 0 Å². The van der Waals surface area contributed by atoms with Crippen LogP contribution in [0.1, 0.15) is 56.3 Å². The fourth-order valence-electron chi connectivity index (χ4n) is 4.59. The zero-order chi connectivity index (χ0) is 27.4. The van der Waals surface area contributed by atoms with Crippen molar-refractivity contribution >= 4 is 29.5 Å². The standard InChI is InChI=1S/C25H33F3N6O4/c1-16(2)37-24(36)33-11-5-10-32(12-13-33)19-8-7-18(14-29-19)30-22(35)20-21(25(26,27)28)31-23(38-20)34-9-4-6-17(3)15-34/h7-8,14,16-17H,4-6,9-13,15H2,1-3H3,(H,30,35). The number of carbonyl (C=O) groups is 2. The number of anilines is 3. The third-order valence-electron chi connectivity index (χ3n) is 6.44. The lowest BCUT2D eigenvalue weighted by atomic mass is 10.0. The maximum absolute atomic E-state index is 13.7. The molecule has 13 heteroatoms. The molecule has 1 unspecified atom stereocenters. The molecule has 2 saturated heterocycles. The maximum Gasteiger partial charge on any atom is 0.437 e. The number of pyridine rings is 1. The van der Waals surface area contributed by atoms with Gasteiger partial charge in [-0.25, -0.2) is 9.78 Å². The first-order valence-electron chi connectivity index (χ1n) is 12.8. The normalized spacial score (nSPS) is 18.9. The van der Waals surface area contributed by atoms with Gasteiger partial charge in [-0.05, 0) is 51.2 Å². The Hall–Kier alpha value is -3.51. The van der Waals surface area contributed by atoms with E-state index in [9.17, 15) is 22.8 Å². The molecule has 0 aromatic carbocycles. The van der Waals surface area contributed by atoms with Crippen LogP contribution in [0.3, 0.4) is 0 Å². The van der Waals surface area contributed by atoms with E-state index < -0.39 is 23.5 Å². The number of amides is 2. The summed E-state index contributed by atoms with van der Waals surface area (Å²) < 4.78 is 51.6. The Morgan fingerprint density at radius 3 is 2.53 bits per heavy atom. The number of alkyl halides is 3. The van der Waals surface area contributed by atoms with E-state index in [-0.39, 0.29) is 29.8 Å². The SMILES string of the molecule is CC1CCCN(c2nc(C(F)(F)F)c(C(=O)Nc3ccc(N4CCCN(C(=O)OC(C)C)CC4)nc3)o2)C1. The number of nitrogens with one attached hydrogen (secondary N) is 1. The lowest BCUT2D eigenvalue weighted by molar-refractivity contribution is -0.141. The maximum atomic E-state index is 13.7. The van der Waals surface area contributed by atoms with Gasteiger partial charge in [-0.1, -0.05) is 6.92 Å². The fourth-order valence-corrected chi connectivity index (χ4v) is 4.59. The summed E-state index contributed by atoms with van der Waals surface area (Å²) >= 11 is 0. The Morgan fingerprint density at radius 2 is 1.87 bits per heavy atom. The summed E-state index contributed by atoms with van der Waals surface area (Å²) in [5.41, 5.74) is -1.13. The molecular weight excluding hydrogens is 505 g/mol. The molecule has 208 valence electrons. The van der Waals surface area contributed by atoms with Crippen LogP contribution >= 0.6 is 0 Å². The summed E-state index contributed by atoms with van der Waals surface area (Å²) in [4.78, 5) is 38.3. The Balaban J connectivity index is 1.42. The van der Waals surface area contributed by atoms with Crippen LogP contribution in [0.5, 0.6) is 0 Å². The molecule has 0 saturated carbocycles. The van der Waals surface area contributed by atoms with E-state index in [0.29, 0.717) is 45.1 Å². The van der Waals surface area contributed by atoms with Gasteiger partial charge >= 0.3 is 12.3 Å². The van der Waals surface area contributed by atoms with E-state index in [2.05, 4.69) is 15.3 Å². The molecule has 0 aliphatic carbocycles. The molecule has 2 aromatic heterocycles. The summed E-state index contributed by atoms with van der Waals surface area (Å²) in [7, 11) is 0. The number of ether oxygens (including phenoxy) is 1. The Kier molecular flexibility index (Phi) is 8.32. The monoisotopic (exact) mass is 538 g/mol. The van der Waals surface area contributed by atoms with Gasteiger partial charge in [0.15, 0.2) is 5.69 Å². The molecule has 2 aromatic rings. The highest BCUT2D eigenvalue weighted by Crippen LogP contribution is 2.35. The molecule has 10 nitrogen and oxygen atoms in total. The number of oxazole rings is 1. The molecule has 2 amide bonds. The van der Waals surface area contributed by atoms with Crippen LogP contribution < -0.4 is 15.1 Å². The summed E-state index contributed by atoms with van der Waals surface area (Å²) in [5.74, 6) is -1.02. The van der Waals surface area contributed by atoms with E-state index in [1.165, 1.54) is 6.20 Å². The zero-order valence-corrected chi connectivity index (χ0v) is 21.8. The first-order chi connectivity index (χ1) is 18.0. The largest absolute Gasteiger partial charge is 0.447 e. The number of hydrogen-bond donors (Lipinski definition) is 1. The van der Waals surface area contributed by atoms with Crippen molar-refractivity contribution in [2.75, 3.05) is 54.4 Å². The molecule has 38 heavy (non-hydrogen) atoms. The van der Waals surface area contributed by atoms with Gasteiger partial charge in [0.05, 0.1) is 18.0 Å². The quantitative estimate of drug-likeness (QED) is 0.588. The summed E-state index contributed by atoms with van der Waals surface area (Å²) in [5, 5.41) is 2.44. The molecule has 1 atom stereocenters. The predicted molar refractivity (Wildman–Crippen MR) is 134 cm³/mol. The highest BCUT2D eigenvalue weighted by molar-refractivity contribution is 6.03. The number of hydrogen-bond acceptors (Lipinski definition) is 8. The van der Waals surface area contributed by atoms with Crippen molar-refractivity contribution in [2.45, 2.75) is 52.3 Å². The first kappa shape index (κ1) is 27.5. The molecule has 4 heterocycles. The van der Waals surface area contributed by atoms with E-state index in [1.807, 2.05) is 11.8 Å². The Labute approximate surface area is 219 Å². The second-order valence-corrected chi connectivity index (χ2v) is 9.98. The second kappa shape index (κ2) is 11.5. The van der Waals surface area contributed by atoms with Crippen LogP contribution in [0, 0.1) is 5.92 Å². The van der Waals surface area contributed by atoms with Crippen molar-refractivity contribution in [3.05, 3.63) is 29.8 Å². The summed E-state index contributed by atoms with van der Waals surface area (Å²) in [6, 6.07) is 3.03. The van der Waals surface area contributed by atoms with E-state index in [1.54, 1.807) is 35.8 Å². The van der Waals surface area contributed by atoms with Crippen LogP contribution in [0.15, 0.2) is 22.7 Å². The van der Waals surface area contributed by atoms with Crippen molar-refractivity contribution in [1.82, 2.24) is 14.9 Å². The Bertz CT molecular complexity index is 1120. The zero-order valence-electron chi connectivity index (χ0n) is 21.8. The topological polar surface area (TPSA) is 104 Å². The minimum absolute atomic E-state index is 0.199. The minimum atomic E-state index is -4.85. The number of nitrogens with zero attached hydrogens (tertiary/aromatic N) is 5. The summed E-state index contributed by atoms with van der Waals surface area (Å²) in [6.07, 6.45) is -1.52. The molecule has 1 N–H and O–H groups in total. The predicted octanol–water partition coefficient (Wildman–Crippen LogP) is 4.63. The fraction of sp³-hybridized carbons (Fsp3) is 0.600. The van der Waals surface area contributed by atoms with Crippen LogP contribution in [-0.2, 0) is 10.9 Å². The molecule has 2 aliphatic heterocycles. The molecular formula is C25H33F3N6O4. The average Bonchev–Trinajstić information content (AvgIpc) is 3.17. The van der Waals surface area contributed by atoms with Crippen LogP contribution in [0.4, 0.5) is 35.5 Å². The number of halogens is 3. The molecule has 2 aliphatic rings. The van der Waals surface area contributed by atoms with Gasteiger partial charge in [0, 0.05) is 39.3 Å². The van der Waals surface area contributed by atoms with Gasteiger partial charge in [-0.15, -0.1) is 0 Å². The highest BCUT2D eigenvalue weighted by atomic mass is 19.4. The molecule has 4 rings (SSSR count). The summed E-state index contributed by atoms with van der Waals surface area (Å²) in [6.45, 7) is 8.86. The third-order valence-corrected chi connectivity index (χ3v) is 6.44. The molecule has 2 fully saturated rings. The van der Waals surface area contributed by atoms with Gasteiger partial charge in [-0.2, -0.15) is 18.2 Å². The number of piperidine rings is 1. The van der Waals surface area contributed by atoms with Crippen LogP contribution in [0.2, 0.25) is 0 Å². The molecule has 0 spiro atoms. The van der Waals surface area contributed by atoms with Gasteiger partial charge < -0.3 is 29.2 Å². The van der Waals surface area contributed by atoms with Crippen LogP contribution in [0.25, 0.3) is 0 Å². The van der Waals surface area contributed by atoms with Crippen LogP contribution in [-0.4, -0.2) is 72.2 Å². The second-order valence-electron chi connectivity index (χ2n) is 9.98. The first-order valence-corrected chi connectivity index (χ1v) is 12.8. The van der Waals surface area contributed by atoms with Crippen molar-refractivity contribution < 1.29 is 31.9 Å². The van der Waals surface area contributed by atoms with Gasteiger partial charge in [0.2, 0.25) is 5.76 Å². The lowest BCUT2D eigenvalue weighted by Gasteiger charge is -2.29. The highest BCUT2D eigenvalue weighted by Gasteiger charge is 2.42. The molecule has 0 radical (unpaired) electrons. The van der Waals surface area contributed by atoms with Crippen molar-refractivity contribution in [3.8, 4) is 0 Å². The number of carbonyl (C=O) groups excluding carboxylic acids is 2. The smallest absolute Gasteiger partial charge is 0.437 e. The number of aromatic nitrogens is 2. The lowest BCUT2D eigenvalue weighted by Crippen LogP contribution is -2.36. The average molecular weight is 539 g/mol. The van der Waals surface area contributed by atoms with Gasteiger partial charge in [0.25, 0.3) is 11.9 Å². The van der Waals surface area contributed by atoms with Crippen molar-refractivity contribution in [1.29, 1.82) is 0 Å². The third kappa shape index (κ3) is 6.67. The van der Waals surface area contributed by atoms with E-state index in [4.69, 9.17) is 9.15 Å². The van der Waals surface area contributed by atoms with E-state index in [0.717, 1.165) is 19.3 Å². The van der Waals surface area contributed by atoms with Gasteiger partial charge in [0.1, 0.15) is 5.82 Å². The van der Waals surface area contributed by atoms with Crippen molar-refractivity contribution in [3.63, 3.8) is 0 Å². The Morgan fingerprint density at radius 1 is 1.11 bits per heavy atom. The van der Waals surface area contributed by atoms with Gasteiger partial charge in [-0.3, -0.25) is 4.79 Å². The molecule has 0 bridgehead atoms. The number of rotatable bonds is 5. The van der Waals surface area contributed by atoms with Crippen molar-refractivity contribution in [2.24, 2.45) is 5.92 Å². The minimum Gasteiger partial charge on any atom is -0.447 e.